The molecular weight excluding hydrogens is 558 g/mol. The average Bonchev–Trinajstić information content (AvgIpc) is 2.88. The van der Waals surface area contributed by atoms with Crippen molar-refractivity contribution in [2.75, 3.05) is 6.54 Å². The molecule has 9 heteroatoms. The van der Waals surface area contributed by atoms with E-state index in [0.717, 1.165) is 23.7 Å². The van der Waals surface area contributed by atoms with Gasteiger partial charge in [-0.1, -0.05) is 85.8 Å². The summed E-state index contributed by atoms with van der Waals surface area (Å²) in [6, 6.07) is 11.4. The highest BCUT2D eigenvalue weighted by molar-refractivity contribution is 9.10. The van der Waals surface area contributed by atoms with Crippen LogP contribution in [0.1, 0.15) is 87.1 Å². The molecule has 0 heterocycles. The van der Waals surface area contributed by atoms with Gasteiger partial charge < -0.3 is 10.1 Å². The molecule has 200 valence electrons. The van der Waals surface area contributed by atoms with Crippen LogP contribution in [0.25, 0.3) is 0 Å². The van der Waals surface area contributed by atoms with E-state index in [-0.39, 0.29) is 18.2 Å². The van der Waals surface area contributed by atoms with Crippen LogP contribution in [-0.4, -0.2) is 30.5 Å². The zero-order chi connectivity index (χ0) is 26.9. The van der Waals surface area contributed by atoms with Crippen molar-refractivity contribution in [3.8, 4) is 5.75 Å². The second kappa shape index (κ2) is 17.7. The summed E-state index contributed by atoms with van der Waals surface area (Å²) in [6.07, 6.45) is 12.4. The summed E-state index contributed by atoms with van der Waals surface area (Å²) < 4.78 is 6.23. The molecule has 2 aromatic rings. The molecular formula is C28H35BrClN3O4. The quantitative estimate of drug-likeness (QED) is 0.0736. The van der Waals surface area contributed by atoms with Crippen molar-refractivity contribution in [3.63, 3.8) is 0 Å². The molecule has 2 aromatic carbocycles. The van der Waals surface area contributed by atoms with E-state index in [1.807, 2.05) is 0 Å². The number of nitrogens with one attached hydrogen (secondary N) is 2. The van der Waals surface area contributed by atoms with Gasteiger partial charge in [0.15, 0.2) is 0 Å². The second-order valence-electron chi connectivity index (χ2n) is 8.73. The topological polar surface area (TPSA) is 96.9 Å². The van der Waals surface area contributed by atoms with E-state index >= 15 is 0 Å². The first kappa shape index (κ1) is 30.5. The molecule has 2 amide bonds. The highest BCUT2D eigenvalue weighted by Gasteiger charge is 2.12. The Hall–Kier alpha value is -2.71. The lowest BCUT2D eigenvalue weighted by Gasteiger charge is -2.08. The zero-order valence-electron chi connectivity index (χ0n) is 21.2. The number of hydrogen-bond donors (Lipinski definition) is 2. The molecule has 0 atom stereocenters. The molecule has 0 radical (unpaired) electrons. The van der Waals surface area contributed by atoms with E-state index in [4.69, 9.17) is 16.3 Å². The van der Waals surface area contributed by atoms with Gasteiger partial charge in [0, 0.05) is 21.5 Å². The van der Waals surface area contributed by atoms with Crippen molar-refractivity contribution in [2.45, 2.75) is 71.1 Å². The van der Waals surface area contributed by atoms with Crippen molar-refractivity contribution in [3.05, 3.63) is 63.1 Å². The van der Waals surface area contributed by atoms with Crippen LogP contribution in [0, 0.1) is 0 Å². The molecule has 0 aromatic heterocycles. The third-order valence-electron chi connectivity index (χ3n) is 5.60. The SMILES string of the molecule is CCCCCCCCCCCC(=O)NCC(=O)NN=Cc1cc(Br)ccc1OC(=O)c1ccc(Cl)cc1. The molecule has 0 fully saturated rings. The van der Waals surface area contributed by atoms with Gasteiger partial charge in [-0.3, -0.25) is 9.59 Å². The van der Waals surface area contributed by atoms with Gasteiger partial charge in [0.1, 0.15) is 5.75 Å². The Kier molecular flexibility index (Phi) is 14.6. The number of nitrogens with zero attached hydrogens (tertiary/aromatic N) is 1. The number of hydrazone groups is 1. The largest absolute Gasteiger partial charge is 0.422 e. The van der Waals surface area contributed by atoms with Crippen molar-refractivity contribution in [1.82, 2.24) is 10.7 Å². The van der Waals surface area contributed by atoms with Gasteiger partial charge in [-0.25, -0.2) is 10.2 Å². The molecule has 2 N–H and O–H groups in total. The minimum atomic E-state index is -0.549. The summed E-state index contributed by atoms with van der Waals surface area (Å²) in [5.74, 6) is -0.875. The monoisotopic (exact) mass is 591 g/mol. The number of unbranched alkanes of at least 4 members (excludes halogenated alkanes) is 8. The lowest BCUT2D eigenvalue weighted by atomic mass is 10.1. The molecule has 0 aliphatic heterocycles. The van der Waals surface area contributed by atoms with Crippen molar-refractivity contribution in [2.24, 2.45) is 5.10 Å². The van der Waals surface area contributed by atoms with Crippen LogP contribution in [0.15, 0.2) is 52.0 Å². The first-order chi connectivity index (χ1) is 17.9. The van der Waals surface area contributed by atoms with Gasteiger partial charge in [-0.05, 0) is 48.9 Å². The van der Waals surface area contributed by atoms with Gasteiger partial charge in [0.2, 0.25) is 5.91 Å². The van der Waals surface area contributed by atoms with Crippen molar-refractivity contribution in [1.29, 1.82) is 0 Å². The fourth-order valence-electron chi connectivity index (χ4n) is 3.53. The normalized spacial score (nSPS) is 10.9. The Morgan fingerprint density at radius 3 is 2.24 bits per heavy atom. The maximum atomic E-state index is 12.4. The van der Waals surface area contributed by atoms with E-state index in [1.165, 1.54) is 44.7 Å². The van der Waals surface area contributed by atoms with Gasteiger partial charge >= 0.3 is 5.97 Å². The molecule has 0 aliphatic carbocycles. The maximum absolute atomic E-state index is 12.4. The Morgan fingerprint density at radius 2 is 1.57 bits per heavy atom. The fourth-order valence-corrected chi connectivity index (χ4v) is 4.04. The summed E-state index contributed by atoms with van der Waals surface area (Å²) in [7, 11) is 0. The van der Waals surface area contributed by atoms with Crippen LogP contribution in [0.2, 0.25) is 5.02 Å². The highest BCUT2D eigenvalue weighted by Crippen LogP contribution is 2.23. The lowest BCUT2D eigenvalue weighted by molar-refractivity contribution is -0.126. The number of carbonyl (C=O) groups is 3. The minimum Gasteiger partial charge on any atom is -0.422 e. The fraction of sp³-hybridized carbons (Fsp3) is 0.429. The highest BCUT2D eigenvalue weighted by atomic mass is 79.9. The molecule has 0 saturated heterocycles. The van der Waals surface area contributed by atoms with Crippen LogP contribution in [-0.2, 0) is 9.59 Å². The smallest absolute Gasteiger partial charge is 0.343 e. The minimum absolute atomic E-state index is 0.148. The predicted molar refractivity (Wildman–Crippen MR) is 151 cm³/mol. The lowest BCUT2D eigenvalue weighted by Crippen LogP contribution is -2.34. The number of hydrogen-bond acceptors (Lipinski definition) is 5. The summed E-state index contributed by atoms with van der Waals surface area (Å²) in [5, 5.41) is 7.06. The van der Waals surface area contributed by atoms with Gasteiger partial charge in [-0.15, -0.1) is 0 Å². The summed E-state index contributed by atoms with van der Waals surface area (Å²) in [5.41, 5.74) is 3.20. The van der Waals surface area contributed by atoms with Crippen LogP contribution in [0.5, 0.6) is 5.75 Å². The van der Waals surface area contributed by atoms with Crippen LogP contribution < -0.4 is 15.5 Å². The average molecular weight is 593 g/mol. The molecule has 0 bridgehead atoms. The Bertz CT molecular complexity index is 1040. The summed E-state index contributed by atoms with van der Waals surface area (Å²) in [4.78, 5) is 36.5. The second-order valence-corrected chi connectivity index (χ2v) is 10.1. The number of carbonyl (C=O) groups excluding carboxylic acids is 3. The van der Waals surface area contributed by atoms with Crippen LogP contribution in [0.3, 0.4) is 0 Å². The Balaban J connectivity index is 1.71. The first-order valence-corrected chi connectivity index (χ1v) is 13.9. The Labute approximate surface area is 232 Å². The van der Waals surface area contributed by atoms with Gasteiger partial charge in [0.25, 0.3) is 5.91 Å². The standard InChI is InChI=1S/C28H35BrClN3O4/c1-2-3-4-5-6-7-8-9-10-11-26(34)31-20-27(35)33-32-19-22-18-23(29)14-17-25(22)37-28(36)21-12-15-24(30)16-13-21/h12-19H,2-11,20H2,1H3,(H,31,34)(H,33,35). The van der Waals surface area contributed by atoms with Crippen molar-refractivity contribution < 1.29 is 19.1 Å². The van der Waals surface area contributed by atoms with E-state index in [9.17, 15) is 14.4 Å². The van der Waals surface area contributed by atoms with E-state index < -0.39 is 11.9 Å². The molecule has 0 unspecified atom stereocenters. The van der Waals surface area contributed by atoms with Gasteiger partial charge in [-0.2, -0.15) is 5.10 Å². The first-order valence-electron chi connectivity index (χ1n) is 12.7. The molecule has 2 rings (SSSR count). The maximum Gasteiger partial charge on any atom is 0.343 e. The Morgan fingerprint density at radius 1 is 0.919 bits per heavy atom. The van der Waals surface area contributed by atoms with Crippen LogP contribution in [0.4, 0.5) is 0 Å². The zero-order valence-corrected chi connectivity index (χ0v) is 23.6. The third kappa shape index (κ3) is 12.9. The van der Waals surface area contributed by atoms with Crippen LogP contribution >= 0.6 is 27.5 Å². The summed E-state index contributed by atoms with van der Waals surface area (Å²) >= 11 is 9.24. The number of benzene rings is 2. The number of rotatable bonds is 16. The number of amides is 2. The molecule has 0 spiro atoms. The number of esters is 1. The molecule has 0 saturated carbocycles. The molecule has 7 nitrogen and oxygen atoms in total. The van der Waals surface area contributed by atoms with E-state index in [1.54, 1.807) is 42.5 Å². The predicted octanol–water partition coefficient (Wildman–Crippen LogP) is 6.81. The van der Waals surface area contributed by atoms with Crippen molar-refractivity contribution >= 4 is 51.5 Å². The number of halogens is 2. The molecule has 0 aliphatic rings. The summed E-state index contributed by atoms with van der Waals surface area (Å²) in [6.45, 7) is 2.05. The van der Waals surface area contributed by atoms with E-state index in [0.29, 0.717) is 22.6 Å². The van der Waals surface area contributed by atoms with E-state index in [2.05, 4.69) is 38.7 Å². The number of ether oxygens (including phenoxy) is 1. The third-order valence-corrected chi connectivity index (χ3v) is 6.35. The van der Waals surface area contributed by atoms with Gasteiger partial charge in [0.05, 0.1) is 18.3 Å². The molecule has 37 heavy (non-hydrogen) atoms.